The van der Waals surface area contributed by atoms with Crippen LogP contribution < -0.4 is 4.74 Å². The van der Waals surface area contributed by atoms with E-state index in [-0.39, 0.29) is 5.38 Å². The number of ether oxygens (including phenoxy) is 1. The fourth-order valence-electron chi connectivity index (χ4n) is 1.97. The molecular weight excluding hydrogens is 323 g/mol. The first-order chi connectivity index (χ1) is 10.2. The van der Waals surface area contributed by atoms with Gasteiger partial charge in [0, 0.05) is 4.88 Å². The molecule has 3 rings (SSSR count). The molecule has 106 valence electrons. The Hall–Kier alpha value is -1.48. The average Bonchev–Trinajstić information content (AvgIpc) is 2.94. The summed E-state index contributed by atoms with van der Waals surface area (Å²) >= 11 is 14.2. The van der Waals surface area contributed by atoms with Gasteiger partial charge in [0.15, 0.2) is 0 Å². The van der Waals surface area contributed by atoms with E-state index in [1.807, 2.05) is 66.0 Å². The van der Waals surface area contributed by atoms with Gasteiger partial charge in [0.2, 0.25) is 0 Å². The lowest BCUT2D eigenvalue weighted by Gasteiger charge is -2.10. The molecular formula is C17H12Cl2OS. The Morgan fingerprint density at radius 3 is 2.14 bits per heavy atom. The highest BCUT2D eigenvalue weighted by Crippen LogP contribution is 2.37. The van der Waals surface area contributed by atoms with Crippen molar-refractivity contribution in [3.05, 3.63) is 81.5 Å². The molecule has 1 atom stereocenters. The smallest absolute Gasteiger partial charge is 0.127 e. The standard InChI is InChI=1S/C17H12Cl2OS/c18-15-10-11-21-17(15)16(19)12-6-8-14(9-7-12)20-13-4-2-1-3-5-13/h1-11,16H. The van der Waals surface area contributed by atoms with E-state index in [2.05, 4.69) is 0 Å². The van der Waals surface area contributed by atoms with Crippen molar-refractivity contribution in [1.82, 2.24) is 0 Å². The molecule has 0 aliphatic carbocycles. The molecule has 1 aromatic heterocycles. The minimum atomic E-state index is -0.233. The summed E-state index contributed by atoms with van der Waals surface area (Å²) < 4.78 is 5.76. The maximum absolute atomic E-state index is 6.48. The number of hydrogen-bond donors (Lipinski definition) is 0. The van der Waals surface area contributed by atoms with E-state index in [1.165, 1.54) is 0 Å². The van der Waals surface area contributed by atoms with E-state index < -0.39 is 0 Å². The van der Waals surface area contributed by atoms with E-state index in [1.54, 1.807) is 11.3 Å². The molecule has 0 aliphatic heterocycles. The summed E-state index contributed by atoms with van der Waals surface area (Å²) in [6, 6.07) is 19.3. The van der Waals surface area contributed by atoms with Gasteiger partial charge in [-0.1, -0.05) is 41.9 Å². The first-order valence-corrected chi connectivity index (χ1v) is 8.13. The minimum Gasteiger partial charge on any atom is -0.457 e. The average molecular weight is 335 g/mol. The first-order valence-electron chi connectivity index (χ1n) is 6.44. The van der Waals surface area contributed by atoms with Crippen LogP contribution in [-0.4, -0.2) is 0 Å². The molecule has 1 nitrogen and oxygen atoms in total. The molecule has 1 heterocycles. The van der Waals surface area contributed by atoms with E-state index >= 15 is 0 Å². The van der Waals surface area contributed by atoms with Crippen LogP contribution in [0.25, 0.3) is 0 Å². The summed E-state index contributed by atoms with van der Waals surface area (Å²) in [5, 5.41) is 2.42. The second-order valence-corrected chi connectivity index (χ2v) is 6.27. The SMILES string of the molecule is Clc1ccsc1C(Cl)c1ccc(Oc2ccccc2)cc1. The lowest BCUT2D eigenvalue weighted by atomic mass is 10.1. The van der Waals surface area contributed by atoms with Crippen LogP contribution in [0.4, 0.5) is 0 Å². The first kappa shape index (κ1) is 14.5. The highest BCUT2D eigenvalue weighted by atomic mass is 35.5. The second-order valence-electron chi connectivity index (χ2n) is 4.48. The molecule has 0 saturated heterocycles. The van der Waals surface area contributed by atoms with E-state index in [4.69, 9.17) is 27.9 Å². The van der Waals surface area contributed by atoms with Gasteiger partial charge in [-0.2, -0.15) is 0 Å². The Bertz CT molecular complexity index is 707. The molecule has 0 saturated carbocycles. The Kier molecular flexibility index (Phi) is 4.49. The van der Waals surface area contributed by atoms with Crippen molar-refractivity contribution in [2.45, 2.75) is 5.38 Å². The number of rotatable bonds is 4. The third kappa shape index (κ3) is 3.41. The number of para-hydroxylation sites is 1. The fourth-order valence-corrected chi connectivity index (χ4v) is 3.61. The topological polar surface area (TPSA) is 9.23 Å². The zero-order chi connectivity index (χ0) is 14.7. The van der Waals surface area contributed by atoms with Gasteiger partial charge in [-0.15, -0.1) is 22.9 Å². The molecule has 0 aliphatic rings. The number of halogens is 2. The number of hydrogen-bond acceptors (Lipinski definition) is 2. The quantitative estimate of drug-likeness (QED) is 0.493. The Balaban J connectivity index is 1.77. The van der Waals surface area contributed by atoms with Crippen molar-refractivity contribution in [3.8, 4) is 11.5 Å². The lowest BCUT2D eigenvalue weighted by Crippen LogP contribution is -1.91. The van der Waals surface area contributed by atoms with E-state index in [0.717, 1.165) is 21.9 Å². The maximum atomic E-state index is 6.48. The van der Waals surface area contributed by atoms with Crippen LogP contribution in [-0.2, 0) is 0 Å². The number of alkyl halides is 1. The molecule has 3 aromatic rings. The van der Waals surface area contributed by atoms with Crippen molar-refractivity contribution in [3.63, 3.8) is 0 Å². The summed E-state index contributed by atoms with van der Waals surface area (Å²) in [5.74, 6) is 1.60. The van der Waals surface area contributed by atoms with Crippen LogP contribution in [0.1, 0.15) is 15.8 Å². The van der Waals surface area contributed by atoms with Gasteiger partial charge < -0.3 is 4.74 Å². The van der Waals surface area contributed by atoms with Crippen molar-refractivity contribution in [2.75, 3.05) is 0 Å². The third-order valence-electron chi connectivity index (χ3n) is 3.03. The molecule has 0 N–H and O–H groups in total. The molecule has 1 unspecified atom stereocenters. The fraction of sp³-hybridized carbons (Fsp3) is 0.0588. The minimum absolute atomic E-state index is 0.233. The van der Waals surface area contributed by atoms with Crippen LogP contribution in [0.3, 0.4) is 0 Å². The van der Waals surface area contributed by atoms with E-state index in [9.17, 15) is 0 Å². The van der Waals surface area contributed by atoms with Gasteiger partial charge in [-0.3, -0.25) is 0 Å². The van der Waals surface area contributed by atoms with Gasteiger partial charge in [0.25, 0.3) is 0 Å². The van der Waals surface area contributed by atoms with Crippen LogP contribution in [0.2, 0.25) is 5.02 Å². The zero-order valence-corrected chi connectivity index (χ0v) is 13.3. The molecule has 2 aromatic carbocycles. The maximum Gasteiger partial charge on any atom is 0.127 e. The molecule has 4 heteroatoms. The third-order valence-corrected chi connectivity index (χ3v) is 5.05. The summed E-state index contributed by atoms with van der Waals surface area (Å²) in [6.07, 6.45) is 0. The monoisotopic (exact) mass is 334 g/mol. The Morgan fingerprint density at radius 1 is 0.857 bits per heavy atom. The van der Waals surface area contributed by atoms with Crippen LogP contribution in [0.15, 0.2) is 66.0 Å². The van der Waals surface area contributed by atoms with Crippen molar-refractivity contribution < 1.29 is 4.74 Å². The summed E-state index contributed by atoms with van der Waals surface area (Å²) in [5.41, 5.74) is 1.00. The number of benzene rings is 2. The largest absolute Gasteiger partial charge is 0.457 e. The molecule has 0 fully saturated rings. The summed E-state index contributed by atoms with van der Waals surface area (Å²) in [6.45, 7) is 0. The van der Waals surface area contributed by atoms with Crippen LogP contribution in [0, 0.1) is 0 Å². The second kappa shape index (κ2) is 6.52. The normalized spacial score (nSPS) is 12.1. The van der Waals surface area contributed by atoms with Gasteiger partial charge in [0.1, 0.15) is 11.5 Å². The highest BCUT2D eigenvalue weighted by Gasteiger charge is 2.15. The molecule has 0 bridgehead atoms. The Morgan fingerprint density at radius 2 is 1.52 bits per heavy atom. The summed E-state index contributed by atoms with van der Waals surface area (Å²) in [4.78, 5) is 0.968. The molecule has 0 amide bonds. The molecule has 0 spiro atoms. The number of thiophene rings is 1. The summed E-state index contributed by atoms with van der Waals surface area (Å²) in [7, 11) is 0. The highest BCUT2D eigenvalue weighted by molar-refractivity contribution is 7.11. The molecule has 21 heavy (non-hydrogen) atoms. The predicted octanol–water partition coefficient (Wildman–Crippen LogP) is 6.52. The molecule has 0 radical (unpaired) electrons. The zero-order valence-electron chi connectivity index (χ0n) is 11.0. The van der Waals surface area contributed by atoms with Crippen molar-refractivity contribution >= 4 is 34.5 Å². The van der Waals surface area contributed by atoms with Crippen LogP contribution in [0.5, 0.6) is 11.5 Å². The van der Waals surface area contributed by atoms with E-state index in [0.29, 0.717) is 5.02 Å². The predicted molar refractivity (Wildman–Crippen MR) is 90.0 cm³/mol. The Labute approximate surface area is 137 Å². The van der Waals surface area contributed by atoms with Gasteiger partial charge >= 0.3 is 0 Å². The van der Waals surface area contributed by atoms with Gasteiger partial charge in [0.05, 0.1) is 10.4 Å². The van der Waals surface area contributed by atoms with Crippen molar-refractivity contribution in [1.29, 1.82) is 0 Å². The van der Waals surface area contributed by atoms with Crippen LogP contribution >= 0.6 is 34.5 Å². The lowest BCUT2D eigenvalue weighted by molar-refractivity contribution is 0.482. The van der Waals surface area contributed by atoms with Crippen molar-refractivity contribution in [2.24, 2.45) is 0 Å². The van der Waals surface area contributed by atoms with Gasteiger partial charge in [-0.05, 0) is 41.3 Å². The van der Waals surface area contributed by atoms with Gasteiger partial charge in [-0.25, -0.2) is 0 Å².